The zero-order chi connectivity index (χ0) is 32.8. The molecule has 0 radical (unpaired) electrons. The van der Waals surface area contributed by atoms with Gasteiger partial charge in [0, 0.05) is 29.2 Å². The van der Waals surface area contributed by atoms with Crippen LogP contribution in [0.5, 0.6) is 0 Å². The Bertz CT molecular complexity index is 1930. The number of carbonyl (C=O) groups is 1. The highest BCUT2D eigenvalue weighted by atomic mass is 35.5. The number of hydrogen-bond acceptors (Lipinski definition) is 5. The topological polar surface area (TPSA) is 85.3 Å². The van der Waals surface area contributed by atoms with Gasteiger partial charge in [-0.25, -0.2) is 16.8 Å². The van der Waals surface area contributed by atoms with E-state index in [1.165, 1.54) is 0 Å². The average Bonchev–Trinajstić information content (AvgIpc) is 3.05. The standard InChI is InChI=1S/C38H39ClO5S2/c1-4-26-9-11-28(12-10-26)33-22-36(40)34-23-37(45(41,42)30-17-5-24(2)6-18-30)32(27-13-15-29(39)16-14-27)21-35(34)38(33)46(43,44)31-19-7-25(3)8-20-31/h5-20,32-35,37-38H,4,21-23H2,1-3H3/t32-,33-,34+,35-,37?,38?/m0/s1. The minimum absolute atomic E-state index is 0.0469. The second kappa shape index (κ2) is 12.7. The van der Waals surface area contributed by atoms with Crippen molar-refractivity contribution in [3.05, 3.63) is 130 Å². The molecule has 5 nitrogen and oxygen atoms in total. The van der Waals surface area contributed by atoms with Crippen molar-refractivity contribution < 1.29 is 21.6 Å². The summed E-state index contributed by atoms with van der Waals surface area (Å²) in [6.45, 7) is 5.88. The third-order valence-electron chi connectivity index (χ3n) is 10.2. The van der Waals surface area contributed by atoms with Crippen molar-refractivity contribution in [2.45, 2.75) is 78.6 Å². The van der Waals surface area contributed by atoms with Gasteiger partial charge in [0.1, 0.15) is 5.78 Å². The first-order valence-corrected chi connectivity index (χ1v) is 19.4. The van der Waals surface area contributed by atoms with E-state index < -0.39 is 53.8 Å². The smallest absolute Gasteiger partial charge is 0.182 e. The molecule has 6 rings (SSSR count). The zero-order valence-corrected chi connectivity index (χ0v) is 28.7. The number of fused-ring (bicyclic) bond motifs is 1. The van der Waals surface area contributed by atoms with Gasteiger partial charge in [-0.3, -0.25) is 4.79 Å². The zero-order valence-electron chi connectivity index (χ0n) is 26.3. The summed E-state index contributed by atoms with van der Waals surface area (Å²) in [6.07, 6.45) is 1.20. The summed E-state index contributed by atoms with van der Waals surface area (Å²) in [4.78, 5) is 14.6. The monoisotopic (exact) mass is 674 g/mol. The number of halogens is 1. The van der Waals surface area contributed by atoms with E-state index in [1.807, 2.05) is 50.2 Å². The predicted molar refractivity (Wildman–Crippen MR) is 183 cm³/mol. The lowest BCUT2D eigenvalue weighted by Gasteiger charge is -2.48. The molecule has 2 aliphatic carbocycles. The van der Waals surface area contributed by atoms with Gasteiger partial charge in [-0.05, 0) is 92.1 Å². The third-order valence-corrected chi connectivity index (χ3v) is 15.0. The molecular weight excluding hydrogens is 636 g/mol. The molecule has 2 aliphatic rings. The maximum Gasteiger partial charge on any atom is 0.182 e. The number of ketones is 1. The summed E-state index contributed by atoms with van der Waals surface area (Å²) in [6, 6.07) is 28.8. The number of hydrogen-bond donors (Lipinski definition) is 0. The van der Waals surface area contributed by atoms with Crippen LogP contribution in [0.25, 0.3) is 0 Å². The quantitative estimate of drug-likeness (QED) is 0.198. The molecule has 2 fully saturated rings. The fourth-order valence-electron chi connectivity index (χ4n) is 7.66. The van der Waals surface area contributed by atoms with Gasteiger partial charge in [-0.2, -0.15) is 0 Å². The lowest BCUT2D eigenvalue weighted by molar-refractivity contribution is -0.128. The molecule has 4 aromatic carbocycles. The fraction of sp³-hybridized carbons (Fsp3) is 0.342. The molecule has 0 aliphatic heterocycles. The van der Waals surface area contributed by atoms with Crippen molar-refractivity contribution in [1.82, 2.24) is 0 Å². The van der Waals surface area contributed by atoms with E-state index in [4.69, 9.17) is 11.6 Å². The Labute approximate surface area is 277 Å². The van der Waals surface area contributed by atoms with Crippen molar-refractivity contribution >= 4 is 37.1 Å². The number of rotatable bonds is 7. The Kier molecular flexibility index (Phi) is 9.05. The average molecular weight is 675 g/mol. The molecule has 0 spiro atoms. The van der Waals surface area contributed by atoms with Crippen LogP contribution in [0.1, 0.15) is 65.8 Å². The van der Waals surface area contributed by atoms with Crippen molar-refractivity contribution in [1.29, 1.82) is 0 Å². The Morgan fingerprint density at radius 1 is 0.630 bits per heavy atom. The number of benzene rings is 4. The van der Waals surface area contributed by atoms with Crippen LogP contribution >= 0.6 is 11.6 Å². The fourth-order valence-corrected chi connectivity index (χ4v) is 12.1. The van der Waals surface area contributed by atoms with E-state index in [2.05, 4.69) is 6.92 Å². The molecule has 0 N–H and O–H groups in total. The maximum absolute atomic E-state index is 14.7. The van der Waals surface area contributed by atoms with Gasteiger partial charge >= 0.3 is 0 Å². The summed E-state index contributed by atoms with van der Waals surface area (Å²) in [5.41, 5.74) is 4.62. The predicted octanol–water partition coefficient (Wildman–Crippen LogP) is 8.07. The molecule has 8 heteroatoms. The summed E-state index contributed by atoms with van der Waals surface area (Å²) in [5.74, 6) is -2.43. The SMILES string of the molecule is CCc1ccc([C@@H]2CC(=O)[C@@H]3CC(S(=O)(=O)c4ccc(C)cc4)[C@H](c4ccc(Cl)cc4)C[C@@H]3C2S(=O)(=O)c2ccc(C)cc2)cc1. The molecule has 0 saturated heterocycles. The molecule has 0 bridgehead atoms. The van der Waals surface area contributed by atoms with E-state index in [0.717, 1.165) is 34.2 Å². The molecule has 0 heterocycles. The lowest BCUT2D eigenvalue weighted by atomic mass is 9.61. The summed E-state index contributed by atoms with van der Waals surface area (Å²) in [5, 5.41) is -1.27. The second-order valence-corrected chi connectivity index (χ2v) is 17.7. The van der Waals surface area contributed by atoms with Gasteiger partial charge in [0.25, 0.3) is 0 Å². The Balaban J connectivity index is 1.50. The molecule has 6 atom stereocenters. The van der Waals surface area contributed by atoms with Crippen molar-refractivity contribution in [2.24, 2.45) is 11.8 Å². The van der Waals surface area contributed by atoms with E-state index in [9.17, 15) is 21.6 Å². The van der Waals surface area contributed by atoms with Gasteiger partial charge in [0.2, 0.25) is 0 Å². The Morgan fingerprint density at radius 2 is 1.13 bits per heavy atom. The summed E-state index contributed by atoms with van der Waals surface area (Å²) in [7, 11) is -7.81. The first kappa shape index (κ1) is 32.7. The molecule has 2 saturated carbocycles. The van der Waals surface area contributed by atoms with Crippen LogP contribution < -0.4 is 0 Å². The highest BCUT2D eigenvalue weighted by Gasteiger charge is 2.56. The van der Waals surface area contributed by atoms with Crippen LogP contribution in [0.2, 0.25) is 5.02 Å². The molecule has 240 valence electrons. The first-order chi connectivity index (χ1) is 21.9. The van der Waals surface area contributed by atoms with E-state index in [1.54, 1.807) is 60.7 Å². The van der Waals surface area contributed by atoms with Gasteiger partial charge in [-0.1, -0.05) is 90.3 Å². The molecule has 0 aromatic heterocycles. The molecular formula is C38H39ClO5S2. The Hall–Kier alpha value is -3.26. The van der Waals surface area contributed by atoms with Crippen molar-refractivity contribution in [3.63, 3.8) is 0 Å². The van der Waals surface area contributed by atoms with Gasteiger partial charge in [0.05, 0.1) is 20.3 Å². The number of carbonyl (C=O) groups excluding carboxylic acids is 1. The van der Waals surface area contributed by atoms with E-state index >= 15 is 0 Å². The third kappa shape index (κ3) is 6.10. The van der Waals surface area contributed by atoms with Crippen LogP contribution in [0.15, 0.2) is 107 Å². The Morgan fingerprint density at radius 3 is 1.67 bits per heavy atom. The maximum atomic E-state index is 14.7. The summed E-state index contributed by atoms with van der Waals surface area (Å²) >= 11 is 6.25. The van der Waals surface area contributed by atoms with Gasteiger partial charge in [-0.15, -0.1) is 0 Å². The van der Waals surface area contributed by atoms with Crippen LogP contribution in [0, 0.1) is 25.7 Å². The molecule has 46 heavy (non-hydrogen) atoms. The van der Waals surface area contributed by atoms with Gasteiger partial charge < -0.3 is 0 Å². The van der Waals surface area contributed by atoms with Gasteiger partial charge in [0.15, 0.2) is 19.7 Å². The molecule has 2 unspecified atom stereocenters. The molecule has 4 aromatic rings. The van der Waals surface area contributed by atoms with Crippen LogP contribution in [-0.4, -0.2) is 33.1 Å². The first-order valence-electron chi connectivity index (χ1n) is 15.9. The van der Waals surface area contributed by atoms with E-state index in [0.29, 0.717) is 5.02 Å². The van der Waals surface area contributed by atoms with Crippen LogP contribution in [-0.2, 0) is 30.9 Å². The van der Waals surface area contributed by atoms with Crippen molar-refractivity contribution in [2.75, 3.05) is 0 Å². The number of sulfone groups is 2. The molecule has 0 amide bonds. The number of aryl methyl sites for hydroxylation is 3. The lowest BCUT2D eigenvalue weighted by Crippen LogP contribution is -2.53. The second-order valence-electron chi connectivity index (χ2n) is 13.0. The minimum Gasteiger partial charge on any atom is -0.299 e. The normalized spacial score (nSPS) is 25.2. The summed E-state index contributed by atoms with van der Waals surface area (Å²) < 4.78 is 58.2. The number of Topliss-reactive ketones (excluding diaryl/α,β-unsaturated/α-hetero) is 1. The van der Waals surface area contributed by atoms with Crippen LogP contribution in [0.4, 0.5) is 0 Å². The highest BCUT2D eigenvalue weighted by Crippen LogP contribution is 2.54. The van der Waals surface area contributed by atoms with Crippen LogP contribution in [0.3, 0.4) is 0 Å². The minimum atomic E-state index is -3.93. The van der Waals surface area contributed by atoms with E-state index in [-0.39, 0.29) is 34.8 Å². The highest BCUT2D eigenvalue weighted by molar-refractivity contribution is 7.92. The van der Waals surface area contributed by atoms with Crippen molar-refractivity contribution in [3.8, 4) is 0 Å². The largest absolute Gasteiger partial charge is 0.299 e.